The van der Waals surface area contributed by atoms with E-state index in [9.17, 15) is 5.11 Å². The van der Waals surface area contributed by atoms with Gasteiger partial charge in [-0.1, -0.05) is 44.5 Å². The van der Waals surface area contributed by atoms with E-state index in [-0.39, 0.29) is 11.5 Å². The van der Waals surface area contributed by atoms with Crippen LogP contribution < -0.4 is 0 Å². The van der Waals surface area contributed by atoms with Gasteiger partial charge in [-0.3, -0.25) is 0 Å². The minimum absolute atomic E-state index is 0.0161. The molecule has 1 N–H and O–H groups in total. The van der Waals surface area contributed by atoms with Crippen molar-refractivity contribution in [1.29, 1.82) is 0 Å². The summed E-state index contributed by atoms with van der Waals surface area (Å²) in [6.45, 7) is 10.5. The average Bonchev–Trinajstić information content (AvgIpc) is 2.17. The highest BCUT2D eigenvalue weighted by atomic mass is 16.3. The molecule has 0 heterocycles. The Labute approximate surface area is 99.5 Å². The molecule has 0 fully saturated rings. The summed E-state index contributed by atoms with van der Waals surface area (Å²) < 4.78 is 0. The summed E-state index contributed by atoms with van der Waals surface area (Å²) >= 11 is 0. The lowest BCUT2D eigenvalue weighted by Crippen LogP contribution is -2.26. The van der Waals surface area contributed by atoms with Crippen molar-refractivity contribution < 1.29 is 5.11 Å². The average molecular weight is 220 g/mol. The maximum atomic E-state index is 10.0. The van der Waals surface area contributed by atoms with Crippen LogP contribution in [0, 0.1) is 19.3 Å². The number of aliphatic hydroxyl groups excluding tert-OH is 1. The molecule has 1 rings (SSSR count). The molecular weight excluding hydrogens is 196 g/mol. The van der Waals surface area contributed by atoms with Gasteiger partial charge in [-0.15, -0.1) is 0 Å². The van der Waals surface area contributed by atoms with Gasteiger partial charge >= 0.3 is 0 Å². The minimum atomic E-state index is -0.229. The van der Waals surface area contributed by atoms with E-state index < -0.39 is 0 Å². The van der Waals surface area contributed by atoms with Gasteiger partial charge in [0.1, 0.15) is 0 Å². The summed E-state index contributed by atoms with van der Waals surface area (Å²) in [4.78, 5) is 0. The normalized spacial score (nSPS) is 13.9. The van der Waals surface area contributed by atoms with E-state index in [4.69, 9.17) is 0 Å². The predicted molar refractivity (Wildman–Crippen MR) is 69.7 cm³/mol. The van der Waals surface area contributed by atoms with Gasteiger partial charge in [-0.25, -0.2) is 0 Å². The molecule has 0 aliphatic carbocycles. The van der Waals surface area contributed by atoms with E-state index in [1.165, 1.54) is 16.7 Å². The number of hydrogen-bond donors (Lipinski definition) is 1. The second kappa shape index (κ2) is 5.01. The Kier molecular flexibility index (Phi) is 4.15. The van der Waals surface area contributed by atoms with Gasteiger partial charge in [0.05, 0.1) is 6.10 Å². The monoisotopic (exact) mass is 220 g/mol. The SMILES string of the molecule is Cc1ccc(C)c(CCC(O)C(C)(C)C)c1. The number of rotatable bonds is 3. The summed E-state index contributed by atoms with van der Waals surface area (Å²) in [6.07, 6.45) is 1.58. The Morgan fingerprint density at radius 3 is 2.38 bits per heavy atom. The van der Waals surface area contributed by atoms with E-state index in [0.29, 0.717) is 0 Å². The molecule has 1 aromatic rings. The number of hydrogen-bond acceptors (Lipinski definition) is 1. The Hall–Kier alpha value is -0.820. The lowest BCUT2D eigenvalue weighted by atomic mass is 9.85. The fraction of sp³-hybridized carbons (Fsp3) is 0.600. The maximum Gasteiger partial charge on any atom is 0.0591 e. The molecule has 0 aliphatic heterocycles. The molecule has 0 saturated heterocycles. The minimum Gasteiger partial charge on any atom is -0.393 e. The lowest BCUT2D eigenvalue weighted by molar-refractivity contribution is 0.0559. The van der Waals surface area contributed by atoms with Gasteiger partial charge in [0.25, 0.3) is 0 Å². The molecule has 1 atom stereocenters. The van der Waals surface area contributed by atoms with E-state index in [1.807, 2.05) is 0 Å². The Bertz CT molecular complexity index is 347. The third kappa shape index (κ3) is 3.64. The van der Waals surface area contributed by atoms with Crippen LogP contribution in [0.2, 0.25) is 0 Å². The van der Waals surface area contributed by atoms with Gasteiger partial charge < -0.3 is 5.11 Å². The molecule has 0 aromatic heterocycles. The van der Waals surface area contributed by atoms with Crippen molar-refractivity contribution in [2.45, 2.75) is 53.6 Å². The highest BCUT2D eigenvalue weighted by Gasteiger charge is 2.21. The van der Waals surface area contributed by atoms with Crippen molar-refractivity contribution in [3.63, 3.8) is 0 Å². The van der Waals surface area contributed by atoms with E-state index in [2.05, 4.69) is 52.8 Å². The van der Waals surface area contributed by atoms with Crippen molar-refractivity contribution in [3.05, 3.63) is 34.9 Å². The molecule has 0 aliphatic rings. The topological polar surface area (TPSA) is 20.2 Å². The molecule has 1 unspecified atom stereocenters. The first-order valence-corrected chi connectivity index (χ1v) is 6.05. The van der Waals surface area contributed by atoms with Crippen LogP contribution in [0.3, 0.4) is 0 Å². The molecule has 1 heteroatoms. The van der Waals surface area contributed by atoms with E-state index in [0.717, 1.165) is 12.8 Å². The molecule has 1 nitrogen and oxygen atoms in total. The smallest absolute Gasteiger partial charge is 0.0591 e. The van der Waals surface area contributed by atoms with Crippen LogP contribution in [0.15, 0.2) is 18.2 Å². The third-order valence-electron chi connectivity index (χ3n) is 3.19. The van der Waals surface area contributed by atoms with E-state index >= 15 is 0 Å². The van der Waals surface area contributed by atoms with Gasteiger partial charge in [-0.2, -0.15) is 0 Å². The summed E-state index contributed by atoms with van der Waals surface area (Å²) in [6, 6.07) is 6.53. The lowest BCUT2D eigenvalue weighted by Gasteiger charge is -2.26. The van der Waals surface area contributed by atoms with Crippen molar-refractivity contribution in [3.8, 4) is 0 Å². The van der Waals surface area contributed by atoms with Crippen LogP contribution in [0.4, 0.5) is 0 Å². The Balaban J connectivity index is 2.64. The van der Waals surface area contributed by atoms with Crippen molar-refractivity contribution in [2.24, 2.45) is 5.41 Å². The van der Waals surface area contributed by atoms with Crippen LogP contribution in [0.25, 0.3) is 0 Å². The molecule has 16 heavy (non-hydrogen) atoms. The standard InChI is InChI=1S/C15H24O/c1-11-6-7-12(2)13(10-11)8-9-14(16)15(3,4)5/h6-7,10,14,16H,8-9H2,1-5H3. The van der Waals surface area contributed by atoms with Crippen LogP contribution in [0.1, 0.15) is 43.9 Å². The first-order valence-electron chi connectivity index (χ1n) is 6.05. The highest BCUT2D eigenvalue weighted by molar-refractivity contribution is 5.30. The zero-order valence-corrected chi connectivity index (χ0v) is 11.2. The maximum absolute atomic E-state index is 10.0. The Morgan fingerprint density at radius 1 is 1.19 bits per heavy atom. The summed E-state index contributed by atoms with van der Waals surface area (Å²) in [5.41, 5.74) is 3.97. The molecule has 0 saturated carbocycles. The first-order chi connectivity index (χ1) is 7.30. The number of aliphatic hydroxyl groups is 1. The molecule has 0 radical (unpaired) electrons. The van der Waals surface area contributed by atoms with Gasteiger partial charge in [-0.05, 0) is 43.2 Å². The fourth-order valence-corrected chi connectivity index (χ4v) is 1.79. The van der Waals surface area contributed by atoms with Crippen LogP contribution in [-0.2, 0) is 6.42 Å². The molecule has 90 valence electrons. The second-order valence-corrected chi connectivity index (χ2v) is 5.85. The second-order valence-electron chi connectivity index (χ2n) is 5.85. The highest BCUT2D eigenvalue weighted by Crippen LogP contribution is 2.23. The first kappa shape index (κ1) is 13.2. The van der Waals surface area contributed by atoms with Crippen LogP contribution >= 0.6 is 0 Å². The quantitative estimate of drug-likeness (QED) is 0.824. The third-order valence-corrected chi connectivity index (χ3v) is 3.19. The largest absolute Gasteiger partial charge is 0.393 e. The van der Waals surface area contributed by atoms with Gasteiger partial charge in [0, 0.05) is 0 Å². The molecule has 0 spiro atoms. The van der Waals surface area contributed by atoms with Gasteiger partial charge in [0.15, 0.2) is 0 Å². The van der Waals surface area contributed by atoms with E-state index in [1.54, 1.807) is 0 Å². The summed E-state index contributed by atoms with van der Waals surface area (Å²) in [5, 5.41) is 10.0. The molecule has 0 amide bonds. The number of benzene rings is 1. The molecular formula is C15H24O. The fourth-order valence-electron chi connectivity index (χ4n) is 1.79. The summed E-state index contributed by atoms with van der Waals surface area (Å²) in [7, 11) is 0. The Morgan fingerprint density at radius 2 is 1.81 bits per heavy atom. The van der Waals surface area contributed by atoms with Crippen molar-refractivity contribution >= 4 is 0 Å². The zero-order chi connectivity index (χ0) is 12.3. The van der Waals surface area contributed by atoms with Crippen molar-refractivity contribution in [1.82, 2.24) is 0 Å². The van der Waals surface area contributed by atoms with Gasteiger partial charge in [0.2, 0.25) is 0 Å². The molecule has 1 aromatic carbocycles. The zero-order valence-electron chi connectivity index (χ0n) is 11.2. The molecule has 0 bridgehead atoms. The van der Waals surface area contributed by atoms with Crippen LogP contribution in [0.5, 0.6) is 0 Å². The van der Waals surface area contributed by atoms with Crippen molar-refractivity contribution in [2.75, 3.05) is 0 Å². The van der Waals surface area contributed by atoms with Crippen LogP contribution in [-0.4, -0.2) is 11.2 Å². The number of aryl methyl sites for hydroxylation is 3. The summed E-state index contributed by atoms with van der Waals surface area (Å²) in [5.74, 6) is 0. The predicted octanol–water partition coefficient (Wildman–Crippen LogP) is 3.64.